The van der Waals surface area contributed by atoms with E-state index in [9.17, 15) is 0 Å². The van der Waals surface area contributed by atoms with Gasteiger partial charge >= 0.3 is 0 Å². The topological polar surface area (TPSA) is 55.8 Å². The second-order valence-corrected chi connectivity index (χ2v) is 8.38. The first kappa shape index (κ1) is 20.6. The van der Waals surface area contributed by atoms with Crippen LogP contribution in [0, 0.1) is 6.92 Å². The summed E-state index contributed by atoms with van der Waals surface area (Å²) in [5.74, 6) is 1.91. The van der Waals surface area contributed by atoms with Gasteiger partial charge in [0.15, 0.2) is 5.96 Å². The number of anilines is 1. The maximum Gasteiger partial charge on any atom is 0.191 e. The van der Waals surface area contributed by atoms with Gasteiger partial charge in [-0.1, -0.05) is 13.0 Å². The quantitative estimate of drug-likeness (QED) is 0.553. The number of aryl methyl sites for hydroxylation is 1. The SMILES string of the molecule is CCNC(=NCc1ccc(N2CCN(CC)CC2)nc1)NCc1ccc(C)s1. The fourth-order valence-electron chi connectivity index (χ4n) is 3.25. The number of guanidine groups is 1. The van der Waals surface area contributed by atoms with Gasteiger partial charge in [0.2, 0.25) is 0 Å². The van der Waals surface area contributed by atoms with Crippen LogP contribution in [-0.2, 0) is 13.1 Å². The predicted octanol–water partition coefficient (Wildman–Crippen LogP) is 2.85. The van der Waals surface area contributed by atoms with Gasteiger partial charge in [-0.3, -0.25) is 0 Å². The highest BCUT2D eigenvalue weighted by molar-refractivity contribution is 7.11. The lowest BCUT2D eigenvalue weighted by molar-refractivity contribution is 0.270. The maximum absolute atomic E-state index is 4.71. The Morgan fingerprint density at radius 1 is 1.11 bits per heavy atom. The molecule has 152 valence electrons. The molecule has 1 aliphatic heterocycles. The summed E-state index contributed by atoms with van der Waals surface area (Å²) in [5.41, 5.74) is 1.13. The smallest absolute Gasteiger partial charge is 0.191 e. The lowest BCUT2D eigenvalue weighted by atomic mass is 10.2. The molecular formula is C21H32N6S. The van der Waals surface area contributed by atoms with Crippen molar-refractivity contribution in [2.45, 2.75) is 33.9 Å². The average Bonchev–Trinajstić information content (AvgIpc) is 3.16. The Balaban J connectivity index is 1.53. The molecular weight excluding hydrogens is 368 g/mol. The molecule has 1 saturated heterocycles. The molecule has 2 aromatic rings. The molecule has 0 unspecified atom stereocenters. The van der Waals surface area contributed by atoms with Crippen molar-refractivity contribution in [2.24, 2.45) is 4.99 Å². The summed E-state index contributed by atoms with van der Waals surface area (Å²) in [6.45, 7) is 14.2. The van der Waals surface area contributed by atoms with Crippen molar-refractivity contribution in [1.29, 1.82) is 0 Å². The van der Waals surface area contributed by atoms with Crippen LogP contribution in [0.3, 0.4) is 0 Å². The van der Waals surface area contributed by atoms with Crippen molar-refractivity contribution >= 4 is 23.1 Å². The number of hydrogen-bond donors (Lipinski definition) is 2. The third kappa shape index (κ3) is 5.94. The summed E-state index contributed by atoms with van der Waals surface area (Å²) < 4.78 is 0. The molecule has 2 aromatic heterocycles. The molecule has 0 aromatic carbocycles. The zero-order valence-electron chi connectivity index (χ0n) is 17.2. The Labute approximate surface area is 172 Å². The third-order valence-corrected chi connectivity index (χ3v) is 5.94. The molecule has 3 rings (SSSR count). The molecule has 3 heterocycles. The number of nitrogens with zero attached hydrogens (tertiary/aromatic N) is 4. The predicted molar refractivity (Wildman–Crippen MR) is 119 cm³/mol. The minimum absolute atomic E-state index is 0.621. The van der Waals surface area contributed by atoms with Crippen molar-refractivity contribution < 1.29 is 0 Å². The summed E-state index contributed by atoms with van der Waals surface area (Å²) in [7, 11) is 0. The van der Waals surface area contributed by atoms with Gasteiger partial charge in [0.25, 0.3) is 0 Å². The van der Waals surface area contributed by atoms with Crippen LogP contribution in [0.25, 0.3) is 0 Å². The van der Waals surface area contributed by atoms with Crippen molar-refractivity contribution in [3.05, 3.63) is 45.8 Å². The van der Waals surface area contributed by atoms with Gasteiger partial charge in [-0.25, -0.2) is 9.98 Å². The van der Waals surface area contributed by atoms with Crippen LogP contribution in [0.1, 0.15) is 29.2 Å². The lowest BCUT2D eigenvalue weighted by Crippen LogP contribution is -2.46. The number of rotatable bonds is 7. The monoisotopic (exact) mass is 400 g/mol. The van der Waals surface area contributed by atoms with Gasteiger partial charge in [0.05, 0.1) is 13.1 Å². The molecule has 0 saturated carbocycles. The van der Waals surface area contributed by atoms with E-state index in [1.54, 1.807) is 0 Å². The Kier molecular flexibility index (Phi) is 7.68. The first-order valence-electron chi connectivity index (χ1n) is 10.2. The van der Waals surface area contributed by atoms with E-state index in [0.29, 0.717) is 6.54 Å². The van der Waals surface area contributed by atoms with E-state index in [0.717, 1.165) is 63.2 Å². The molecule has 0 spiro atoms. The van der Waals surface area contributed by atoms with E-state index in [2.05, 4.69) is 70.5 Å². The highest BCUT2D eigenvalue weighted by atomic mass is 32.1. The van der Waals surface area contributed by atoms with Crippen LogP contribution in [0.15, 0.2) is 35.5 Å². The van der Waals surface area contributed by atoms with Crippen LogP contribution in [-0.4, -0.2) is 55.1 Å². The molecule has 28 heavy (non-hydrogen) atoms. The fraction of sp³-hybridized carbons (Fsp3) is 0.524. The van der Waals surface area contributed by atoms with E-state index in [-0.39, 0.29) is 0 Å². The fourth-order valence-corrected chi connectivity index (χ4v) is 4.08. The molecule has 7 heteroatoms. The molecule has 1 aliphatic rings. The summed E-state index contributed by atoms with van der Waals surface area (Å²) in [6.07, 6.45) is 1.96. The molecule has 0 aliphatic carbocycles. The maximum atomic E-state index is 4.71. The van der Waals surface area contributed by atoms with Crippen LogP contribution in [0.5, 0.6) is 0 Å². The average molecular weight is 401 g/mol. The Morgan fingerprint density at radius 2 is 1.93 bits per heavy atom. The summed E-state index contributed by atoms with van der Waals surface area (Å²) in [6, 6.07) is 8.59. The number of aromatic nitrogens is 1. The van der Waals surface area contributed by atoms with Crippen molar-refractivity contribution in [2.75, 3.05) is 44.2 Å². The van der Waals surface area contributed by atoms with Crippen LogP contribution < -0.4 is 15.5 Å². The second kappa shape index (κ2) is 10.4. The Hall–Kier alpha value is -2.12. The molecule has 0 bridgehead atoms. The number of thiophene rings is 1. The highest BCUT2D eigenvalue weighted by Gasteiger charge is 2.16. The van der Waals surface area contributed by atoms with Gasteiger partial charge in [0, 0.05) is 48.7 Å². The van der Waals surface area contributed by atoms with E-state index in [1.165, 1.54) is 9.75 Å². The zero-order chi connectivity index (χ0) is 19.8. The minimum Gasteiger partial charge on any atom is -0.357 e. The molecule has 0 atom stereocenters. The Morgan fingerprint density at radius 3 is 2.54 bits per heavy atom. The van der Waals surface area contributed by atoms with E-state index in [4.69, 9.17) is 4.99 Å². The first-order valence-corrected chi connectivity index (χ1v) is 11.0. The van der Waals surface area contributed by atoms with Crippen molar-refractivity contribution in [3.63, 3.8) is 0 Å². The van der Waals surface area contributed by atoms with Crippen molar-refractivity contribution in [1.82, 2.24) is 20.5 Å². The number of aliphatic imine (C=N–C) groups is 1. The molecule has 6 nitrogen and oxygen atoms in total. The van der Waals surface area contributed by atoms with E-state index in [1.807, 2.05) is 17.5 Å². The standard InChI is InChI=1S/C21H32N6S/c1-4-22-21(25-16-19-8-6-17(3)28-19)24-15-18-7-9-20(23-14-18)27-12-10-26(5-2)11-13-27/h6-9,14H,4-5,10-13,15-16H2,1-3H3,(H2,22,24,25). The molecule has 2 N–H and O–H groups in total. The largest absolute Gasteiger partial charge is 0.357 e. The summed E-state index contributed by atoms with van der Waals surface area (Å²) >= 11 is 1.82. The third-order valence-electron chi connectivity index (χ3n) is 4.94. The molecule has 0 amide bonds. The minimum atomic E-state index is 0.621. The van der Waals surface area contributed by atoms with E-state index >= 15 is 0 Å². The lowest BCUT2D eigenvalue weighted by Gasteiger charge is -2.34. The Bertz CT molecular complexity index is 747. The number of pyridine rings is 1. The van der Waals surface area contributed by atoms with E-state index < -0.39 is 0 Å². The second-order valence-electron chi connectivity index (χ2n) is 7.01. The van der Waals surface area contributed by atoms with Crippen LogP contribution in [0.4, 0.5) is 5.82 Å². The van der Waals surface area contributed by atoms with Crippen LogP contribution in [0.2, 0.25) is 0 Å². The number of nitrogens with one attached hydrogen (secondary N) is 2. The zero-order valence-corrected chi connectivity index (χ0v) is 18.1. The van der Waals surface area contributed by atoms with Gasteiger partial charge in [-0.2, -0.15) is 0 Å². The van der Waals surface area contributed by atoms with Gasteiger partial charge in [-0.05, 0) is 44.2 Å². The first-order chi connectivity index (χ1) is 13.7. The normalized spacial score (nSPS) is 15.7. The number of hydrogen-bond acceptors (Lipinski definition) is 5. The number of piperazine rings is 1. The van der Waals surface area contributed by atoms with Gasteiger partial charge < -0.3 is 20.4 Å². The molecule has 1 fully saturated rings. The summed E-state index contributed by atoms with van der Waals surface area (Å²) in [5, 5.41) is 6.72. The highest BCUT2D eigenvalue weighted by Crippen LogP contribution is 2.15. The van der Waals surface area contributed by atoms with Gasteiger partial charge in [0.1, 0.15) is 5.82 Å². The van der Waals surface area contributed by atoms with Gasteiger partial charge in [-0.15, -0.1) is 11.3 Å². The number of likely N-dealkylation sites (N-methyl/N-ethyl adjacent to an activating group) is 1. The van der Waals surface area contributed by atoms with Crippen LogP contribution >= 0.6 is 11.3 Å². The summed E-state index contributed by atoms with van der Waals surface area (Å²) in [4.78, 5) is 16.9. The molecule has 0 radical (unpaired) electrons. The van der Waals surface area contributed by atoms with Crippen molar-refractivity contribution in [3.8, 4) is 0 Å².